The van der Waals surface area contributed by atoms with Gasteiger partial charge in [0.1, 0.15) is 12.4 Å². The van der Waals surface area contributed by atoms with Gasteiger partial charge in [0.05, 0.1) is 29.0 Å². The number of hydrogen-bond acceptors (Lipinski definition) is 7. The Hall–Kier alpha value is -3.60. The molecule has 0 saturated carbocycles. The first-order valence-electron chi connectivity index (χ1n) is 10.7. The smallest absolute Gasteiger partial charge is 0.261 e. The highest BCUT2D eigenvalue weighted by Gasteiger charge is 2.15. The number of nitrogens with zero attached hydrogens (tertiary/aromatic N) is 1. The van der Waals surface area contributed by atoms with Crippen molar-refractivity contribution in [3.8, 4) is 11.6 Å². The number of anilines is 1. The second kappa shape index (κ2) is 10.6. The summed E-state index contributed by atoms with van der Waals surface area (Å²) in [4.78, 5) is 0.174. The number of sulfonamides is 1. The molecule has 3 aromatic carbocycles. The molecule has 10 heteroatoms. The van der Waals surface area contributed by atoms with E-state index < -0.39 is 16.1 Å². The molecule has 1 aromatic heterocycles. The van der Waals surface area contributed by atoms with Crippen molar-refractivity contribution in [2.45, 2.75) is 11.0 Å². The fraction of sp³-hybridized carbons (Fsp3) is 0.208. The molecule has 0 unspecified atom stereocenters. The maximum absolute atomic E-state index is 12.5. The molecule has 0 spiro atoms. The van der Waals surface area contributed by atoms with Crippen LogP contribution in [0.15, 0.2) is 77.7 Å². The highest BCUT2D eigenvalue weighted by molar-refractivity contribution is 7.92. The maximum atomic E-state index is 12.5. The van der Waals surface area contributed by atoms with E-state index >= 15 is 0 Å². The average Bonchev–Trinajstić information content (AvgIpc) is 3.26. The summed E-state index contributed by atoms with van der Waals surface area (Å²) in [5, 5.41) is 21.5. The molecule has 0 radical (unpaired) electrons. The zero-order valence-electron chi connectivity index (χ0n) is 18.6. The Labute approximate surface area is 197 Å². The minimum Gasteiger partial charge on any atom is -0.492 e. The lowest BCUT2D eigenvalue weighted by Gasteiger charge is -2.15. The van der Waals surface area contributed by atoms with Crippen molar-refractivity contribution in [1.29, 1.82) is 0 Å². The van der Waals surface area contributed by atoms with Crippen LogP contribution in [0.1, 0.15) is 11.7 Å². The molecule has 4 aromatic rings. The zero-order chi connectivity index (χ0) is 24.0. The monoisotopic (exact) mass is 482 g/mol. The van der Waals surface area contributed by atoms with Gasteiger partial charge in [-0.2, -0.15) is 0 Å². The van der Waals surface area contributed by atoms with Crippen LogP contribution in [0.2, 0.25) is 0 Å². The molecule has 0 aliphatic heterocycles. The maximum Gasteiger partial charge on any atom is 0.261 e. The topological polar surface area (TPSA) is 126 Å². The number of nitrogens with one attached hydrogen (secondary N) is 3. The highest BCUT2D eigenvalue weighted by atomic mass is 32.2. The molecule has 0 amide bonds. The van der Waals surface area contributed by atoms with Crippen LogP contribution in [0, 0.1) is 0 Å². The molecule has 0 saturated heterocycles. The normalized spacial score (nSPS) is 12.4. The first kappa shape index (κ1) is 23.6. The second-order valence-electron chi connectivity index (χ2n) is 7.55. The Kier molecular flexibility index (Phi) is 7.31. The van der Waals surface area contributed by atoms with Crippen LogP contribution in [-0.2, 0) is 10.0 Å². The molecule has 178 valence electrons. The molecular formula is C24H26N4O5S. The molecule has 1 atom stereocenters. The lowest BCUT2D eigenvalue weighted by molar-refractivity contribution is 0.172. The quantitative estimate of drug-likeness (QED) is 0.242. The van der Waals surface area contributed by atoms with Crippen molar-refractivity contribution < 1.29 is 23.0 Å². The van der Waals surface area contributed by atoms with E-state index in [0.717, 1.165) is 10.9 Å². The Morgan fingerprint density at radius 3 is 2.68 bits per heavy atom. The number of fused-ring (bicyclic) bond motifs is 1. The summed E-state index contributed by atoms with van der Waals surface area (Å²) in [7, 11) is -2.13. The van der Waals surface area contributed by atoms with E-state index in [2.05, 4.69) is 20.2 Å². The molecule has 1 heterocycles. The van der Waals surface area contributed by atoms with E-state index in [0.29, 0.717) is 36.0 Å². The van der Waals surface area contributed by atoms with Crippen molar-refractivity contribution in [2.24, 2.45) is 0 Å². The van der Waals surface area contributed by atoms with Crippen LogP contribution < -0.4 is 19.5 Å². The minimum absolute atomic E-state index is 0.174. The van der Waals surface area contributed by atoms with Crippen LogP contribution in [0.3, 0.4) is 0 Å². The van der Waals surface area contributed by atoms with E-state index in [9.17, 15) is 13.5 Å². The summed E-state index contributed by atoms with van der Waals surface area (Å²) in [6, 6.07) is 20.4. The molecule has 0 aliphatic carbocycles. The Bertz CT molecular complexity index is 1340. The second-order valence-corrected chi connectivity index (χ2v) is 9.24. The fourth-order valence-corrected chi connectivity index (χ4v) is 4.51. The Morgan fingerprint density at radius 1 is 1.06 bits per heavy atom. The third-order valence-corrected chi connectivity index (χ3v) is 6.55. The summed E-state index contributed by atoms with van der Waals surface area (Å²) in [5.74, 6) is 1.23. The van der Waals surface area contributed by atoms with Gasteiger partial charge in [-0.15, -0.1) is 5.10 Å². The van der Waals surface area contributed by atoms with Crippen LogP contribution in [0.25, 0.3) is 10.9 Å². The van der Waals surface area contributed by atoms with E-state index in [1.165, 1.54) is 12.1 Å². The predicted molar refractivity (Wildman–Crippen MR) is 130 cm³/mol. The molecule has 34 heavy (non-hydrogen) atoms. The number of aromatic nitrogens is 2. The summed E-state index contributed by atoms with van der Waals surface area (Å²) >= 11 is 0. The van der Waals surface area contributed by atoms with Crippen LogP contribution >= 0.6 is 0 Å². The number of H-pyrrole nitrogens is 1. The van der Waals surface area contributed by atoms with Gasteiger partial charge in [-0.05, 0) is 42.0 Å². The summed E-state index contributed by atoms with van der Waals surface area (Å²) in [6.07, 6.45) is -0.810. The van der Waals surface area contributed by atoms with Crippen molar-refractivity contribution in [2.75, 3.05) is 31.5 Å². The molecular weight excluding hydrogens is 456 g/mol. The van der Waals surface area contributed by atoms with Crippen LogP contribution in [0.4, 0.5) is 5.69 Å². The SMILES string of the molecule is COc1n[nH]c2cc(OCCNC[C@H](O)c3cccc(NS(=O)(=O)c4ccccc4)c3)ccc12. The van der Waals surface area contributed by atoms with E-state index in [1.807, 2.05) is 18.2 Å². The van der Waals surface area contributed by atoms with Crippen LogP contribution in [0.5, 0.6) is 11.6 Å². The first-order valence-corrected chi connectivity index (χ1v) is 12.2. The van der Waals surface area contributed by atoms with Gasteiger partial charge in [-0.3, -0.25) is 9.82 Å². The number of rotatable bonds is 11. The molecule has 0 aliphatic rings. The van der Waals surface area contributed by atoms with Gasteiger partial charge in [0.2, 0.25) is 5.88 Å². The van der Waals surface area contributed by atoms with Crippen molar-refractivity contribution >= 4 is 26.6 Å². The van der Waals surface area contributed by atoms with Gasteiger partial charge in [-0.1, -0.05) is 30.3 Å². The predicted octanol–water partition coefficient (Wildman–Crippen LogP) is 3.07. The van der Waals surface area contributed by atoms with Gasteiger partial charge in [-0.25, -0.2) is 8.42 Å². The lowest BCUT2D eigenvalue weighted by Crippen LogP contribution is -2.26. The van der Waals surface area contributed by atoms with Gasteiger partial charge in [0.15, 0.2) is 0 Å². The van der Waals surface area contributed by atoms with Gasteiger partial charge >= 0.3 is 0 Å². The Balaban J connectivity index is 1.26. The van der Waals surface area contributed by atoms with E-state index in [4.69, 9.17) is 9.47 Å². The number of aliphatic hydroxyl groups is 1. The van der Waals surface area contributed by atoms with Crippen molar-refractivity contribution in [3.05, 3.63) is 78.4 Å². The number of aliphatic hydroxyl groups excluding tert-OH is 1. The van der Waals surface area contributed by atoms with Crippen molar-refractivity contribution in [1.82, 2.24) is 15.5 Å². The number of benzene rings is 3. The first-order chi connectivity index (χ1) is 16.5. The third kappa shape index (κ3) is 5.66. The van der Waals surface area contributed by atoms with E-state index in [1.54, 1.807) is 49.6 Å². The molecule has 4 rings (SSSR count). The zero-order valence-corrected chi connectivity index (χ0v) is 19.4. The number of aromatic amines is 1. The molecule has 9 nitrogen and oxygen atoms in total. The number of ether oxygens (including phenoxy) is 2. The van der Waals surface area contributed by atoms with Crippen LogP contribution in [-0.4, -0.2) is 50.5 Å². The largest absolute Gasteiger partial charge is 0.492 e. The number of methoxy groups -OCH3 is 1. The summed E-state index contributed by atoms with van der Waals surface area (Å²) < 4.78 is 38.5. The average molecular weight is 483 g/mol. The molecule has 0 bridgehead atoms. The summed E-state index contributed by atoms with van der Waals surface area (Å²) in [6.45, 7) is 1.21. The van der Waals surface area contributed by atoms with Gasteiger partial charge in [0, 0.05) is 24.8 Å². The third-order valence-electron chi connectivity index (χ3n) is 5.16. The van der Waals surface area contributed by atoms with Crippen molar-refractivity contribution in [3.63, 3.8) is 0 Å². The standard InChI is InChI=1S/C24H26N4O5S/c1-32-24-21-11-10-19(15-22(21)26-27-24)33-13-12-25-16-23(29)17-6-5-7-18(14-17)28-34(30,31)20-8-3-2-4-9-20/h2-11,14-15,23,25,28-29H,12-13,16H2,1H3,(H,26,27)/t23-/m0/s1. The molecule has 4 N–H and O–H groups in total. The summed E-state index contributed by atoms with van der Waals surface area (Å²) in [5.41, 5.74) is 1.80. The van der Waals surface area contributed by atoms with Gasteiger partial charge < -0.3 is 19.9 Å². The van der Waals surface area contributed by atoms with E-state index in [-0.39, 0.29) is 11.4 Å². The molecule has 0 fully saturated rings. The Morgan fingerprint density at radius 2 is 1.88 bits per heavy atom. The lowest BCUT2D eigenvalue weighted by atomic mass is 10.1. The number of hydrogen-bond donors (Lipinski definition) is 4. The fourth-order valence-electron chi connectivity index (χ4n) is 3.44. The van der Waals surface area contributed by atoms with Gasteiger partial charge in [0.25, 0.3) is 10.0 Å². The highest BCUT2D eigenvalue weighted by Crippen LogP contribution is 2.26. The minimum atomic E-state index is -3.70.